The van der Waals surface area contributed by atoms with Crippen LogP contribution in [-0.4, -0.2) is 41.8 Å². The van der Waals surface area contributed by atoms with Gasteiger partial charge in [0.05, 0.1) is 0 Å². The highest BCUT2D eigenvalue weighted by Gasteiger charge is 2.38. The average molecular weight is 285 g/mol. The molecule has 0 aromatic rings. The van der Waals surface area contributed by atoms with Crippen molar-refractivity contribution in [1.29, 1.82) is 0 Å². The normalized spacial score (nSPS) is 13.5. The van der Waals surface area contributed by atoms with Gasteiger partial charge in [-0.25, -0.2) is 13.7 Å². The lowest BCUT2D eigenvalue weighted by Gasteiger charge is -2.11. The molecule has 0 fully saturated rings. The Labute approximate surface area is 88.1 Å². The highest BCUT2D eigenvalue weighted by Crippen LogP contribution is 2.64. The van der Waals surface area contributed by atoms with Crippen LogP contribution in [0.1, 0.15) is 0 Å². The van der Waals surface area contributed by atoms with Crippen molar-refractivity contribution in [2.75, 3.05) is 0 Å². The number of phosphoric acid groups is 3. The highest BCUT2D eigenvalue weighted by molar-refractivity contribution is 7.66. The zero-order valence-electron chi connectivity index (χ0n) is 6.20. The Balaban J connectivity index is 0. The van der Waals surface area contributed by atoms with Gasteiger partial charge in [0.2, 0.25) is 0 Å². The first kappa shape index (κ1) is 17.3. The minimum absolute atomic E-state index is 0. The molecule has 0 aliphatic carbocycles. The first-order valence-corrected chi connectivity index (χ1v) is 6.83. The molecule has 0 saturated heterocycles. The van der Waals surface area contributed by atoms with Crippen LogP contribution in [-0.2, 0) is 22.3 Å². The summed E-state index contributed by atoms with van der Waals surface area (Å²) in [6.45, 7) is 0. The van der Waals surface area contributed by atoms with E-state index in [-0.39, 0.29) is 17.4 Å². The van der Waals surface area contributed by atoms with Gasteiger partial charge in [0.1, 0.15) is 0 Å². The van der Waals surface area contributed by atoms with E-state index < -0.39 is 23.5 Å². The minimum Gasteiger partial charge on any atom is -0.302 e. The first-order chi connectivity index (χ1) is 5.41. The Bertz CT molecular complexity index is 277. The molecule has 0 rings (SSSR count). The van der Waals surface area contributed by atoms with E-state index in [9.17, 15) is 13.7 Å². The lowest BCUT2D eigenvalue weighted by Crippen LogP contribution is -1.91. The minimum atomic E-state index is -5.46. The van der Waals surface area contributed by atoms with Gasteiger partial charge in [0, 0.05) is 17.4 Å². The lowest BCUT2D eigenvalue weighted by atomic mass is 15.7. The Kier molecular flexibility index (Phi) is 6.60. The molecule has 14 heavy (non-hydrogen) atoms. The van der Waals surface area contributed by atoms with E-state index in [2.05, 4.69) is 8.62 Å². The molecule has 0 aliphatic rings. The fourth-order valence-electron chi connectivity index (χ4n) is 0.284. The first-order valence-electron chi connectivity index (χ1n) is 2.28. The lowest BCUT2D eigenvalue weighted by molar-refractivity contribution is 0.204. The molecule has 0 aliphatic heterocycles. The van der Waals surface area contributed by atoms with Crippen LogP contribution in [0.15, 0.2) is 0 Å². The topological polar surface area (TPSA) is 171 Å². The molecule has 0 unspecified atom stereocenters. The average Bonchev–Trinajstić information content (AvgIpc) is 1.43. The second-order valence-electron chi connectivity index (χ2n) is 1.61. The number of hydrogen-bond donors (Lipinski definition) is 5. The smallest absolute Gasteiger partial charge is 0.302 e. The van der Waals surface area contributed by atoms with Crippen molar-refractivity contribution in [3.05, 3.63) is 0 Å². The van der Waals surface area contributed by atoms with Crippen LogP contribution < -0.4 is 0 Å². The molecule has 0 saturated carbocycles. The SMILES string of the molecule is O=P(O)(O)OP(=O)(O)OP(=O)(O)O.[Al]. The summed E-state index contributed by atoms with van der Waals surface area (Å²) in [7, 11) is -16.2. The molecule has 5 N–H and O–H groups in total. The molecule has 14 heteroatoms. The monoisotopic (exact) mass is 285 g/mol. The predicted molar refractivity (Wildman–Crippen MR) is 41.8 cm³/mol. The van der Waals surface area contributed by atoms with Gasteiger partial charge in [-0.3, -0.25) is 0 Å². The Morgan fingerprint density at radius 2 is 0.929 bits per heavy atom. The van der Waals surface area contributed by atoms with E-state index >= 15 is 0 Å². The standard InChI is InChI=1S/Al.H5O10P3/c;1-11(2,3)9-13(7,8)10-12(4,5)6/h;(H,7,8)(H2,1,2,3)(H2,4,5,6). The van der Waals surface area contributed by atoms with Gasteiger partial charge in [0.25, 0.3) is 0 Å². The number of hydrogen-bond acceptors (Lipinski definition) is 5. The van der Waals surface area contributed by atoms with Gasteiger partial charge >= 0.3 is 23.5 Å². The van der Waals surface area contributed by atoms with Gasteiger partial charge in [-0.05, 0) is 0 Å². The molecule has 0 atom stereocenters. The van der Waals surface area contributed by atoms with Crippen LogP contribution in [0.3, 0.4) is 0 Å². The summed E-state index contributed by atoms with van der Waals surface area (Å²) in [5.41, 5.74) is 0. The van der Waals surface area contributed by atoms with Gasteiger partial charge in [-0.1, -0.05) is 0 Å². The molecule has 0 bridgehead atoms. The largest absolute Gasteiger partial charge is 0.490 e. The van der Waals surface area contributed by atoms with E-state index in [0.717, 1.165) is 0 Å². The Morgan fingerprint density at radius 3 is 1.07 bits per heavy atom. The Morgan fingerprint density at radius 1 is 0.714 bits per heavy atom. The van der Waals surface area contributed by atoms with Crippen LogP contribution >= 0.6 is 23.5 Å². The molecule has 83 valence electrons. The van der Waals surface area contributed by atoms with Crippen molar-refractivity contribution < 1.29 is 46.8 Å². The van der Waals surface area contributed by atoms with Crippen molar-refractivity contribution in [2.45, 2.75) is 0 Å². The van der Waals surface area contributed by atoms with Crippen molar-refractivity contribution in [1.82, 2.24) is 0 Å². The third-order valence-corrected chi connectivity index (χ3v) is 3.77. The number of rotatable bonds is 4. The van der Waals surface area contributed by atoms with Crippen LogP contribution in [0, 0.1) is 0 Å². The molecular weight excluding hydrogens is 280 g/mol. The summed E-state index contributed by atoms with van der Waals surface area (Å²) >= 11 is 0. The van der Waals surface area contributed by atoms with E-state index in [4.69, 9.17) is 24.5 Å². The molecule has 0 aromatic heterocycles. The van der Waals surface area contributed by atoms with Crippen molar-refractivity contribution in [2.24, 2.45) is 0 Å². The third kappa shape index (κ3) is 11.0. The van der Waals surface area contributed by atoms with Crippen LogP contribution in [0.2, 0.25) is 0 Å². The van der Waals surface area contributed by atoms with E-state index in [1.165, 1.54) is 0 Å². The van der Waals surface area contributed by atoms with E-state index in [0.29, 0.717) is 0 Å². The van der Waals surface area contributed by atoms with Crippen LogP contribution in [0.25, 0.3) is 0 Å². The van der Waals surface area contributed by atoms with E-state index in [1.807, 2.05) is 0 Å². The Hall–Kier alpha value is 0.942. The zero-order chi connectivity index (χ0) is 10.9. The van der Waals surface area contributed by atoms with Crippen LogP contribution in [0.5, 0.6) is 0 Å². The molecule has 3 radical (unpaired) electrons. The maximum Gasteiger partial charge on any atom is 0.490 e. The fraction of sp³-hybridized carbons (Fsp3) is 0. The molecule has 0 spiro atoms. The quantitative estimate of drug-likeness (QED) is 0.316. The van der Waals surface area contributed by atoms with Crippen LogP contribution in [0.4, 0.5) is 0 Å². The summed E-state index contributed by atoms with van der Waals surface area (Å²) in [4.78, 5) is 40.2. The van der Waals surface area contributed by atoms with E-state index in [1.54, 1.807) is 0 Å². The summed E-state index contributed by atoms with van der Waals surface area (Å²) in [5.74, 6) is 0. The molecule has 0 aromatic carbocycles. The van der Waals surface area contributed by atoms with Gasteiger partial charge in [0.15, 0.2) is 0 Å². The molecule has 0 amide bonds. The second kappa shape index (κ2) is 5.32. The van der Waals surface area contributed by atoms with Gasteiger partial charge in [-0.15, -0.1) is 0 Å². The summed E-state index contributed by atoms with van der Waals surface area (Å²) in [5, 5.41) is 0. The zero-order valence-corrected chi connectivity index (χ0v) is 10.0. The van der Waals surface area contributed by atoms with Gasteiger partial charge < -0.3 is 24.5 Å². The highest BCUT2D eigenvalue weighted by atomic mass is 31.3. The maximum atomic E-state index is 10.4. The third-order valence-electron chi connectivity index (χ3n) is 0.419. The van der Waals surface area contributed by atoms with Gasteiger partial charge in [-0.2, -0.15) is 8.62 Å². The van der Waals surface area contributed by atoms with Crippen molar-refractivity contribution in [3.8, 4) is 0 Å². The molecular formula is H5AlO10P3. The molecule has 0 heterocycles. The molecule has 10 nitrogen and oxygen atoms in total. The summed E-state index contributed by atoms with van der Waals surface area (Å²) in [6.07, 6.45) is 0. The van der Waals surface area contributed by atoms with Crippen molar-refractivity contribution in [3.63, 3.8) is 0 Å². The second-order valence-corrected chi connectivity index (χ2v) is 5.82. The summed E-state index contributed by atoms with van der Waals surface area (Å²) < 4.78 is 36.4. The predicted octanol–water partition coefficient (Wildman–Crippen LogP) is -1.08. The van der Waals surface area contributed by atoms with Crippen molar-refractivity contribution >= 4 is 40.8 Å². The summed E-state index contributed by atoms with van der Waals surface area (Å²) in [6, 6.07) is 0. The maximum absolute atomic E-state index is 10.4. The fourth-order valence-corrected chi connectivity index (χ4v) is 2.82.